The van der Waals surface area contributed by atoms with E-state index in [1.54, 1.807) is 6.07 Å². The molecule has 2 rings (SSSR count). The third-order valence-corrected chi connectivity index (χ3v) is 5.05. The number of benzene rings is 1. The molecule has 0 saturated carbocycles. The topological polar surface area (TPSA) is 35.2 Å². The lowest BCUT2D eigenvalue weighted by molar-refractivity contribution is 0.385. The molecule has 17 heavy (non-hydrogen) atoms. The number of ether oxygens (including phenoxy) is 1. The van der Waals surface area contributed by atoms with Crippen molar-refractivity contribution in [2.24, 2.45) is 5.73 Å². The van der Waals surface area contributed by atoms with Gasteiger partial charge in [0.25, 0.3) is 0 Å². The van der Waals surface area contributed by atoms with Gasteiger partial charge in [-0.25, -0.2) is 4.39 Å². The van der Waals surface area contributed by atoms with Gasteiger partial charge in [0.2, 0.25) is 0 Å². The molecule has 1 saturated heterocycles. The van der Waals surface area contributed by atoms with Crippen molar-refractivity contribution in [1.29, 1.82) is 0 Å². The molecule has 1 fully saturated rings. The fourth-order valence-electron chi connectivity index (χ4n) is 2.27. The van der Waals surface area contributed by atoms with E-state index in [-0.39, 0.29) is 22.4 Å². The minimum Gasteiger partial charge on any atom is -0.494 e. The summed E-state index contributed by atoms with van der Waals surface area (Å²) < 4.78 is 18.6. The Bertz CT molecular complexity index is 404. The summed E-state index contributed by atoms with van der Waals surface area (Å²) in [7, 11) is 1.46. The molecule has 0 aromatic heterocycles. The van der Waals surface area contributed by atoms with Gasteiger partial charge in [-0.05, 0) is 43.2 Å². The largest absolute Gasteiger partial charge is 0.494 e. The summed E-state index contributed by atoms with van der Waals surface area (Å²) in [5.74, 6) is 1.07. The summed E-state index contributed by atoms with van der Waals surface area (Å²) >= 11 is 1.88. The van der Waals surface area contributed by atoms with Gasteiger partial charge in [-0.15, -0.1) is 0 Å². The van der Waals surface area contributed by atoms with Crippen LogP contribution in [0.4, 0.5) is 4.39 Å². The molecule has 1 aliphatic heterocycles. The van der Waals surface area contributed by atoms with Crippen LogP contribution in [-0.4, -0.2) is 17.6 Å². The highest BCUT2D eigenvalue weighted by Crippen LogP contribution is 2.45. The summed E-state index contributed by atoms with van der Waals surface area (Å²) in [6.07, 6.45) is 2.28. The van der Waals surface area contributed by atoms with Gasteiger partial charge in [0.15, 0.2) is 11.6 Å². The van der Waals surface area contributed by atoms with E-state index in [0.717, 1.165) is 17.7 Å². The van der Waals surface area contributed by atoms with Crippen molar-refractivity contribution >= 4 is 11.8 Å². The smallest absolute Gasteiger partial charge is 0.165 e. The summed E-state index contributed by atoms with van der Waals surface area (Å²) in [4.78, 5) is 0. The molecular formula is C13H18FNOS. The first-order valence-electron chi connectivity index (χ1n) is 5.80. The average Bonchev–Trinajstić information content (AvgIpc) is 2.76. The number of hydrogen-bond donors (Lipinski definition) is 1. The highest BCUT2D eigenvalue weighted by molar-refractivity contribution is 8.00. The normalized spacial score (nSPS) is 25.9. The molecule has 0 aliphatic carbocycles. The van der Waals surface area contributed by atoms with E-state index in [9.17, 15) is 4.39 Å². The summed E-state index contributed by atoms with van der Waals surface area (Å²) in [6, 6.07) is 4.87. The molecule has 0 bridgehead atoms. The fourth-order valence-corrected chi connectivity index (χ4v) is 3.63. The van der Waals surface area contributed by atoms with Crippen LogP contribution in [0, 0.1) is 5.82 Å². The first-order chi connectivity index (χ1) is 8.07. The number of hydrogen-bond acceptors (Lipinski definition) is 3. The summed E-state index contributed by atoms with van der Waals surface area (Å²) in [6.45, 7) is 2.16. The number of thioether (sulfide) groups is 1. The predicted molar refractivity (Wildman–Crippen MR) is 70.0 cm³/mol. The Hall–Kier alpha value is -0.740. The third-order valence-electron chi connectivity index (χ3n) is 3.44. The number of methoxy groups -OCH3 is 1. The maximum absolute atomic E-state index is 13.6. The fraction of sp³-hybridized carbons (Fsp3) is 0.538. The van der Waals surface area contributed by atoms with Crippen LogP contribution in [0.15, 0.2) is 18.2 Å². The monoisotopic (exact) mass is 255 g/mol. The van der Waals surface area contributed by atoms with Gasteiger partial charge in [-0.3, -0.25) is 0 Å². The maximum Gasteiger partial charge on any atom is 0.165 e. The van der Waals surface area contributed by atoms with E-state index >= 15 is 0 Å². The zero-order valence-electron chi connectivity index (χ0n) is 10.2. The van der Waals surface area contributed by atoms with Crippen LogP contribution >= 0.6 is 11.8 Å². The highest BCUT2D eigenvalue weighted by atomic mass is 32.2. The molecule has 1 aliphatic rings. The van der Waals surface area contributed by atoms with Crippen molar-refractivity contribution in [1.82, 2.24) is 0 Å². The Morgan fingerprint density at radius 3 is 2.82 bits per heavy atom. The Morgan fingerprint density at radius 1 is 1.53 bits per heavy atom. The second-order valence-corrected chi connectivity index (χ2v) is 6.27. The molecule has 4 heteroatoms. The Kier molecular flexibility index (Phi) is 3.64. The van der Waals surface area contributed by atoms with Crippen molar-refractivity contribution in [3.8, 4) is 5.75 Å². The second-order valence-electron chi connectivity index (χ2n) is 4.64. The van der Waals surface area contributed by atoms with Gasteiger partial charge in [0.05, 0.1) is 7.11 Å². The van der Waals surface area contributed by atoms with Crippen molar-refractivity contribution < 1.29 is 9.13 Å². The van der Waals surface area contributed by atoms with Crippen LogP contribution in [0.3, 0.4) is 0 Å². The van der Waals surface area contributed by atoms with Crippen LogP contribution in [0.2, 0.25) is 0 Å². The van der Waals surface area contributed by atoms with Crippen LogP contribution in [0.1, 0.15) is 31.4 Å². The zero-order valence-corrected chi connectivity index (χ0v) is 11.0. The first-order valence-corrected chi connectivity index (χ1v) is 6.78. The molecule has 2 N–H and O–H groups in total. The zero-order chi connectivity index (χ0) is 12.5. The lowest BCUT2D eigenvalue weighted by Gasteiger charge is -2.30. The van der Waals surface area contributed by atoms with Gasteiger partial charge in [0.1, 0.15) is 0 Å². The van der Waals surface area contributed by atoms with Crippen LogP contribution < -0.4 is 10.5 Å². The van der Waals surface area contributed by atoms with Crippen molar-refractivity contribution in [3.63, 3.8) is 0 Å². The molecule has 2 atom stereocenters. The second kappa shape index (κ2) is 4.86. The van der Waals surface area contributed by atoms with Crippen LogP contribution in [0.5, 0.6) is 5.75 Å². The lowest BCUT2D eigenvalue weighted by atomic mass is 9.91. The number of nitrogens with two attached hydrogens (primary N) is 1. The molecule has 1 aromatic rings. The molecular weight excluding hydrogens is 237 g/mol. The summed E-state index contributed by atoms with van der Waals surface area (Å²) in [5, 5.41) is 0. The SMILES string of the molecule is COc1ccc(C(N)C2(C)CCCS2)cc1F. The van der Waals surface area contributed by atoms with E-state index in [0.29, 0.717) is 0 Å². The molecule has 0 radical (unpaired) electrons. The molecule has 2 unspecified atom stereocenters. The van der Waals surface area contributed by atoms with Crippen molar-refractivity contribution in [2.75, 3.05) is 12.9 Å². The standard InChI is InChI=1S/C13H18FNOS/c1-13(6-3-7-17-13)12(15)9-4-5-11(16-2)10(14)8-9/h4-5,8,12H,3,6-7,15H2,1-2H3. The maximum atomic E-state index is 13.6. The van der Waals surface area contributed by atoms with Gasteiger partial charge >= 0.3 is 0 Å². The molecule has 94 valence electrons. The van der Waals surface area contributed by atoms with E-state index in [2.05, 4.69) is 6.92 Å². The van der Waals surface area contributed by atoms with E-state index in [1.807, 2.05) is 17.8 Å². The molecule has 0 amide bonds. The van der Waals surface area contributed by atoms with Crippen LogP contribution in [-0.2, 0) is 0 Å². The van der Waals surface area contributed by atoms with E-state index in [1.165, 1.54) is 19.6 Å². The first kappa shape index (κ1) is 12.7. The third kappa shape index (κ3) is 2.43. The Balaban J connectivity index is 2.25. The number of halogens is 1. The minimum atomic E-state index is -0.341. The molecule has 2 nitrogen and oxygen atoms in total. The minimum absolute atomic E-state index is 0.0288. The van der Waals surface area contributed by atoms with E-state index in [4.69, 9.17) is 10.5 Å². The Morgan fingerprint density at radius 2 is 2.29 bits per heavy atom. The van der Waals surface area contributed by atoms with Gasteiger partial charge < -0.3 is 10.5 Å². The van der Waals surface area contributed by atoms with Gasteiger partial charge in [-0.1, -0.05) is 6.07 Å². The number of rotatable bonds is 3. The van der Waals surface area contributed by atoms with E-state index < -0.39 is 0 Å². The average molecular weight is 255 g/mol. The summed E-state index contributed by atoms with van der Waals surface area (Å²) in [5.41, 5.74) is 7.11. The van der Waals surface area contributed by atoms with Crippen molar-refractivity contribution in [2.45, 2.75) is 30.6 Å². The van der Waals surface area contributed by atoms with Gasteiger partial charge in [0, 0.05) is 10.8 Å². The van der Waals surface area contributed by atoms with Gasteiger partial charge in [-0.2, -0.15) is 11.8 Å². The molecule has 1 heterocycles. The molecule has 1 aromatic carbocycles. The van der Waals surface area contributed by atoms with Crippen LogP contribution in [0.25, 0.3) is 0 Å². The highest BCUT2D eigenvalue weighted by Gasteiger charge is 2.36. The lowest BCUT2D eigenvalue weighted by Crippen LogP contribution is -2.33. The quantitative estimate of drug-likeness (QED) is 0.901. The predicted octanol–water partition coefficient (Wildman–Crippen LogP) is 3.12. The Labute approximate surface area is 106 Å². The van der Waals surface area contributed by atoms with Crippen molar-refractivity contribution in [3.05, 3.63) is 29.6 Å². The molecule has 0 spiro atoms.